The first kappa shape index (κ1) is 12.5. The van der Waals surface area contributed by atoms with Gasteiger partial charge < -0.3 is 15.0 Å². The Bertz CT molecular complexity index is 489. The van der Waals surface area contributed by atoms with E-state index >= 15 is 0 Å². The van der Waals surface area contributed by atoms with Crippen LogP contribution < -0.4 is 5.32 Å². The molecule has 102 valence electrons. The molecule has 19 heavy (non-hydrogen) atoms. The number of hydrogen-bond acceptors (Lipinski definition) is 3. The fourth-order valence-corrected chi connectivity index (χ4v) is 3.00. The van der Waals surface area contributed by atoms with Gasteiger partial charge in [0.2, 0.25) is 0 Å². The maximum atomic E-state index is 12.6. The van der Waals surface area contributed by atoms with E-state index in [1.165, 1.54) is 0 Å². The maximum Gasteiger partial charge on any atom is 0.256 e. The number of hydrogen-bond donors (Lipinski definition) is 1. The SMILES string of the molecule is CNc1cc(C)ccc1C(=O)N1CC2CCC(C1)O2. The first-order chi connectivity index (χ1) is 9.17. The largest absolute Gasteiger partial charge is 0.387 e. The number of likely N-dealkylation sites (tertiary alicyclic amines) is 1. The highest BCUT2D eigenvalue weighted by Crippen LogP contribution is 2.28. The molecule has 2 aliphatic heterocycles. The molecule has 2 unspecified atom stereocenters. The van der Waals surface area contributed by atoms with Crippen molar-refractivity contribution in [1.29, 1.82) is 0 Å². The van der Waals surface area contributed by atoms with Crippen LogP contribution in [-0.2, 0) is 4.74 Å². The Morgan fingerprint density at radius 2 is 2.00 bits per heavy atom. The third kappa shape index (κ3) is 2.32. The lowest BCUT2D eigenvalue weighted by atomic mass is 10.1. The van der Waals surface area contributed by atoms with Gasteiger partial charge in [0.1, 0.15) is 0 Å². The molecule has 0 aromatic heterocycles. The zero-order valence-electron chi connectivity index (χ0n) is 11.5. The molecular formula is C15H20N2O2. The lowest BCUT2D eigenvalue weighted by Gasteiger charge is -2.32. The summed E-state index contributed by atoms with van der Waals surface area (Å²) in [4.78, 5) is 14.6. The summed E-state index contributed by atoms with van der Waals surface area (Å²) in [5.41, 5.74) is 2.82. The summed E-state index contributed by atoms with van der Waals surface area (Å²) in [5, 5.41) is 3.12. The minimum atomic E-state index is 0.115. The van der Waals surface area contributed by atoms with Crippen LogP contribution in [0.2, 0.25) is 0 Å². The average molecular weight is 260 g/mol. The molecule has 2 saturated heterocycles. The average Bonchev–Trinajstić information content (AvgIpc) is 2.76. The van der Waals surface area contributed by atoms with E-state index in [9.17, 15) is 4.79 Å². The van der Waals surface area contributed by atoms with Gasteiger partial charge in [0, 0.05) is 25.8 Å². The summed E-state index contributed by atoms with van der Waals surface area (Å²) in [5.74, 6) is 0.115. The number of fused-ring (bicyclic) bond motifs is 2. The standard InChI is InChI=1S/C15H20N2O2/c1-10-3-6-13(14(7-10)16-2)15(18)17-8-11-4-5-12(9-17)19-11/h3,6-7,11-12,16H,4-5,8-9H2,1-2H3. The third-order valence-corrected chi connectivity index (χ3v) is 4.01. The molecule has 1 N–H and O–H groups in total. The first-order valence-corrected chi connectivity index (χ1v) is 6.90. The minimum Gasteiger partial charge on any atom is -0.387 e. The second-order valence-electron chi connectivity index (χ2n) is 5.47. The van der Waals surface area contributed by atoms with E-state index < -0.39 is 0 Å². The first-order valence-electron chi connectivity index (χ1n) is 6.90. The van der Waals surface area contributed by atoms with Crippen molar-refractivity contribution >= 4 is 11.6 Å². The Hall–Kier alpha value is -1.55. The molecule has 0 aliphatic carbocycles. The van der Waals surface area contributed by atoms with E-state index in [1.807, 2.05) is 37.1 Å². The van der Waals surface area contributed by atoms with Crippen molar-refractivity contribution in [2.24, 2.45) is 0 Å². The molecule has 3 rings (SSSR count). The summed E-state index contributed by atoms with van der Waals surface area (Å²) in [6.45, 7) is 3.49. The second kappa shape index (κ2) is 4.85. The monoisotopic (exact) mass is 260 g/mol. The molecule has 2 fully saturated rings. The number of morpholine rings is 1. The number of benzene rings is 1. The van der Waals surface area contributed by atoms with Gasteiger partial charge in [-0.15, -0.1) is 0 Å². The number of ether oxygens (including phenoxy) is 1. The van der Waals surface area contributed by atoms with Gasteiger partial charge in [-0.1, -0.05) is 6.07 Å². The molecule has 2 bridgehead atoms. The predicted molar refractivity (Wildman–Crippen MR) is 74.5 cm³/mol. The van der Waals surface area contributed by atoms with Gasteiger partial charge in [0.25, 0.3) is 5.91 Å². The Morgan fingerprint density at radius 1 is 1.32 bits per heavy atom. The molecule has 0 saturated carbocycles. The lowest BCUT2D eigenvalue weighted by molar-refractivity contribution is -0.0303. The highest BCUT2D eigenvalue weighted by molar-refractivity contribution is 5.99. The molecular weight excluding hydrogens is 240 g/mol. The molecule has 2 heterocycles. The summed E-state index contributed by atoms with van der Waals surface area (Å²) in [7, 11) is 1.86. The highest BCUT2D eigenvalue weighted by atomic mass is 16.5. The van der Waals surface area contributed by atoms with Gasteiger partial charge in [0.15, 0.2) is 0 Å². The molecule has 0 spiro atoms. The molecule has 1 amide bonds. The third-order valence-electron chi connectivity index (χ3n) is 4.01. The van der Waals surface area contributed by atoms with E-state index in [4.69, 9.17) is 4.74 Å². The molecule has 1 aromatic rings. The number of nitrogens with zero attached hydrogens (tertiary/aromatic N) is 1. The van der Waals surface area contributed by atoms with E-state index in [1.54, 1.807) is 0 Å². The van der Waals surface area contributed by atoms with E-state index in [-0.39, 0.29) is 18.1 Å². The Morgan fingerprint density at radius 3 is 2.63 bits per heavy atom. The van der Waals surface area contributed by atoms with Crippen molar-refractivity contribution in [2.75, 3.05) is 25.5 Å². The quantitative estimate of drug-likeness (QED) is 0.884. The van der Waals surface area contributed by atoms with Gasteiger partial charge in [-0.05, 0) is 37.5 Å². The number of amides is 1. The van der Waals surface area contributed by atoms with Gasteiger partial charge in [-0.3, -0.25) is 4.79 Å². The Kier molecular flexibility index (Phi) is 3.19. The molecule has 4 nitrogen and oxygen atoms in total. The van der Waals surface area contributed by atoms with E-state index in [2.05, 4.69) is 5.32 Å². The van der Waals surface area contributed by atoms with Crippen LogP contribution in [-0.4, -0.2) is 43.2 Å². The smallest absolute Gasteiger partial charge is 0.256 e. The van der Waals surface area contributed by atoms with Crippen molar-refractivity contribution in [3.63, 3.8) is 0 Å². The lowest BCUT2D eigenvalue weighted by Crippen LogP contribution is -2.45. The summed E-state index contributed by atoms with van der Waals surface area (Å²) in [6.07, 6.45) is 2.65. The van der Waals surface area contributed by atoms with Crippen LogP contribution in [0.25, 0.3) is 0 Å². The molecule has 4 heteroatoms. The van der Waals surface area contributed by atoms with Gasteiger partial charge >= 0.3 is 0 Å². The van der Waals surface area contributed by atoms with Crippen molar-refractivity contribution in [1.82, 2.24) is 4.90 Å². The predicted octanol–water partition coefficient (Wildman–Crippen LogP) is 2.04. The Balaban J connectivity index is 1.84. The molecule has 2 atom stereocenters. The fourth-order valence-electron chi connectivity index (χ4n) is 3.00. The summed E-state index contributed by atoms with van der Waals surface area (Å²) >= 11 is 0. The van der Waals surface area contributed by atoms with E-state index in [0.717, 1.165) is 42.7 Å². The second-order valence-corrected chi connectivity index (χ2v) is 5.47. The fraction of sp³-hybridized carbons (Fsp3) is 0.533. The molecule has 0 radical (unpaired) electrons. The normalized spacial score (nSPS) is 25.5. The highest BCUT2D eigenvalue weighted by Gasteiger charge is 2.36. The van der Waals surface area contributed by atoms with Crippen LogP contribution in [0.4, 0.5) is 5.69 Å². The Labute approximate surface area is 113 Å². The maximum absolute atomic E-state index is 12.6. The number of anilines is 1. The van der Waals surface area contributed by atoms with Gasteiger partial charge in [-0.25, -0.2) is 0 Å². The molecule has 2 aliphatic rings. The van der Waals surface area contributed by atoms with Crippen molar-refractivity contribution < 1.29 is 9.53 Å². The topological polar surface area (TPSA) is 41.6 Å². The number of rotatable bonds is 2. The van der Waals surface area contributed by atoms with Crippen molar-refractivity contribution in [3.8, 4) is 0 Å². The van der Waals surface area contributed by atoms with Crippen LogP contribution in [0, 0.1) is 6.92 Å². The van der Waals surface area contributed by atoms with Gasteiger partial charge in [-0.2, -0.15) is 0 Å². The summed E-state index contributed by atoms with van der Waals surface area (Å²) < 4.78 is 5.78. The number of aryl methyl sites for hydroxylation is 1. The number of carbonyl (C=O) groups is 1. The minimum absolute atomic E-state index is 0.115. The zero-order chi connectivity index (χ0) is 13.4. The van der Waals surface area contributed by atoms with Crippen LogP contribution in [0.5, 0.6) is 0 Å². The molecule has 1 aromatic carbocycles. The number of nitrogens with one attached hydrogen (secondary N) is 1. The number of carbonyl (C=O) groups excluding carboxylic acids is 1. The van der Waals surface area contributed by atoms with Crippen molar-refractivity contribution in [2.45, 2.75) is 32.0 Å². The van der Waals surface area contributed by atoms with Crippen LogP contribution in [0.15, 0.2) is 18.2 Å². The van der Waals surface area contributed by atoms with Crippen LogP contribution >= 0.6 is 0 Å². The summed E-state index contributed by atoms with van der Waals surface area (Å²) in [6, 6.07) is 5.92. The van der Waals surface area contributed by atoms with Crippen LogP contribution in [0.1, 0.15) is 28.8 Å². The van der Waals surface area contributed by atoms with Gasteiger partial charge in [0.05, 0.1) is 17.8 Å². The van der Waals surface area contributed by atoms with Crippen LogP contribution in [0.3, 0.4) is 0 Å². The van der Waals surface area contributed by atoms with E-state index in [0.29, 0.717) is 0 Å². The van der Waals surface area contributed by atoms with Crippen molar-refractivity contribution in [3.05, 3.63) is 29.3 Å². The zero-order valence-corrected chi connectivity index (χ0v) is 11.5.